The average molecular weight is 269 g/mol. The topological polar surface area (TPSA) is 77.8 Å². The monoisotopic (exact) mass is 269 g/mol. The summed E-state index contributed by atoms with van der Waals surface area (Å²) in [5.74, 6) is 0.0220. The number of amides is 1. The SMILES string of the molecule is COC(=O)[C@@H](Cc1ccco1)NC(=O)OC(C)(C)C. The highest BCUT2D eigenvalue weighted by Crippen LogP contribution is 2.09. The number of methoxy groups -OCH3 is 1. The Kier molecular flexibility index (Phi) is 4.97. The predicted octanol–water partition coefficient (Wildman–Crippen LogP) is 1.89. The first-order chi connectivity index (χ1) is 8.81. The Hall–Kier alpha value is -1.98. The zero-order valence-electron chi connectivity index (χ0n) is 11.6. The van der Waals surface area contributed by atoms with Gasteiger partial charge in [-0.25, -0.2) is 9.59 Å². The number of alkyl carbamates (subject to hydrolysis) is 1. The molecule has 0 spiro atoms. The van der Waals surface area contributed by atoms with Crippen molar-refractivity contribution < 1.29 is 23.5 Å². The second-order valence-corrected chi connectivity index (χ2v) is 5.01. The van der Waals surface area contributed by atoms with Crippen LogP contribution in [0, 0.1) is 0 Å². The Morgan fingerprint density at radius 2 is 2.11 bits per heavy atom. The van der Waals surface area contributed by atoms with Crippen LogP contribution in [-0.4, -0.2) is 30.8 Å². The van der Waals surface area contributed by atoms with Gasteiger partial charge in [0.2, 0.25) is 0 Å². The normalized spacial score (nSPS) is 12.6. The number of carbonyl (C=O) groups is 2. The Morgan fingerprint density at radius 1 is 1.42 bits per heavy atom. The molecule has 0 aromatic carbocycles. The van der Waals surface area contributed by atoms with E-state index in [1.807, 2.05) is 0 Å². The molecule has 1 amide bonds. The summed E-state index contributed by atoms with van der Waals surface area (Å²) in [5.41, 5.74) is -0.630. The van der Waals surface area contributed by atoms with Crippen LogP contribution >= 0.6 is 0 Å². The molecule has 6 nitrogen and oxygen atoms in total. The maximum Gasteiger partial charge on any atom is 0.408 e. The van der Waals surface area contributed by atoms with Crippen LogP contribution in [0.3, 0.4) is 0 Å². The second kappa shape index (κ2) is 6.26. The van der Waals surface area contributed by atoms with Crippen molar-refractivity contribution in [3.63, 3.8) is 0 Å². The van der Waals surface area contributed by atoms with Crippen molar-refractivity contribution in [2.75, 3.05) is 7.11 Å². The lowest BCUT2D eigenvalue weighted by Crippen LogP contribution is -2.45. The quantitative estimate of drug-likeness (QED) is 0.844. The number of hydrogen-bond acceptors (Lipinski definition) is 5. The second-order valence-electron chi connectivity index (χ2n) is 5.01. The highest BCUT2D eigenvalue weighted by Gasteiger charge is 2.25. The number of carbonyl (C=O) groups excluding carboxylic acids is 2. The fourth-order valence-electron chi connectivity index (χ4n) is 1.42. The van der Waals surface area contributed by atoms with Gasteiger partial charge in [0.25, 0.3) is 0 Å². The third-order valence-corrected chi connectivity index (χ3v) is 2.16. The number of nitrogens with one attached hydrogen (secondary N) is 1. The van der Waals surface area contributed by atoms with E-state index in [-0.39, 0.29) is 6.42 Å². The maximum absolute atomic E-state index is 11.6. The van der Waals surface area contributed by atoms with Crippen molar-refractivity contribution in [3.8, 4) is 0 Å². The molecule has 19 heavy (non-hydrogen) atoms. The number of esters is 1. The van der Waals surface area contributed by atoms with Crippen molar-refractivity contribution >= 4 is 12.1 Å². The van der Waals surface area contributed by atoms with E-state index in [1.54, 1.807) is 32.9 Å². The molecule has 0 bridgehead atoms. The molecule has 0 aliphatic heterocycles. The van der Waals surface area contributed by atoms with Gasteiger partial charge in [-0.2, -0.15) is 0 Å². The van der Waals surface area contributed by atoms with Gasteiger partial charge in [-0.1, -0.05) is 0 Å². The first kappa shape index (κ1) is 15.1. The van der Waals surface area contributed by atoms with E-state index in [2.05, 4.69) is 10.1 Å². The van der Waals surface area contributed by atoms with Gasteiger partial charge in [0, 0.05) is 6.42 Å². The molecular weight excluding hydrogens is 250 g/mol. The molecule has 106 valence electrons. The van der Waals surface area contributed by atoms with E-state index in [0.29, 0.717) is 5.76 Å². The smallest absolute Gasteiger partial charge is 0.408 e. The van der Waals surface area contributed by atoms with E-state index in [9.17, 15) is 9.59 Å². The molecular formula is C13H19NO5. The van der Waals surface area contributed by atoms with Crippen molar-refractivity contribution in [1.82, 2.24) is 5.32 Å². The molecule has 0 unspecified atom stereocenters. The zero-order chi connectivity index (χ0) is 14.5. The molecule has 1 atom stereocenters. The van der Waals surface area contributed by atoms with Gasteiger partial charge >= 0.3 is 12.1 Å². The van der Waals surface area contributed by atoms with E-state index in [0.717, 1.165) is 0 Å². The van der Waals surface area contributed by atoms with Crippen LogP contribution in [0.15, 0.2) is 22.8 Å². The minimum atomic E-state index is -0.842. The Labute approximate surface area is 112 Å². The van der Waals surface area contributed by atoms with Gasteiger partial charge in [-0.05, 0) is 32.9 Å². The van der Waals surface area contributed by atoms with Crippen LogP contribution in [0.5, 0.6) is 0 Å². The largest absolute Gasteiger partial charge is 0.469 e. The van der Waals surface area contributed by atoms with E-state index >= 15 is 0 Å². The summed E-state index contributed by atoms with van der Waals surface area (Å²) < 4.78 is 14.9. The summed E-state index contributed by atoms with van der Waals surface area (Å²) in [5, 5.41) is 2.47. The molecule has 1 rings (SSSR count). The minimum absolute atomic E-state index is 0.207. The van der Waals surface area contributed by atoms with Gasteiger partial charge in [0.05, 0.1) is 13.4 Å². The fourth-order valence-corrected chi connectivity index (χ4v) is 1.42. The fraction of sp³-hybridized carbons (Fsp3) is 0.538. The third-order valence-electron chi connectivity index (χ3n) is 2.16. The molecule has 0 radical (unpaired) electrons. The Bertz CT molecular complexity index is 419. The molecule has 0 aliphatic carbocycles. The van der Waals surface area contributed by atoms with Gasteiger partial charge in [-0.3, -0.25) is 0 Å². The first-order valence-electron chi connectivity index (χ1n) is 5.91. The minimum Gasteiger partial charge on any atom is -0.469 e. The van der Waals surface area contributed by atoms with Crippen LogP contribution in [0.1, 0.15) is 26.5 Å². The van der Waals surface area contributed by atoms with Crippen molar-refractivity contribution in [3.05, 3.63) is 24.2 Å². The van der Waals surface area contributed by atoms with Crippen molar-refractivity contribution in [1.29, 1.82) is 0 Å². The summed E-state index contributed by atoms with van der Waals surface area (Å²) in [6.45, 7) is 5.23. The average Bonchev–Trinajstić information content (AvgIpc) is 2.77. The van der Waals surface area contributed by atoms with Crippen LogP contribution in [0.4, 0.5) is 4.79 Å². The standard InChI is InChI=1S/C13H19NO5/c1-13(2,3)19-12(16)14-10(11(15)17-4)8-9-6-5-7-18-9/h5-7,10H,8H2,1-4H3,(H,14,16)/t10-/m1/s1. The lowest BCUT2D eigenvalue weighted by atomic mass is 10.1. The lowest BCUT2D eigenvalue weighted by molar-refractivity contribution is -0.143. The van der Waals surface area contributed by atoms with Gasteiger partial charge < -0.3 is 19.2 Å². The Balaban J connectivity index is 2.65. The molecule has 1 heterocycles. The molecule has 0 saturated carbocycles. The van der Waals surface area contributed by atoms with E-state index in [4.69, 9.17) is 9.15 Å². The maximum atomic E-state index is 11.6. The first-order valence-corrected chi connectivity index (χ1v) is 5.91. The van der Waals surface area contributed by atoms with E-state index < -0.39 is 23.7 Å². The van der Waals surface area contributed by atoms with Crippen LogP contribution < -0.4 is 5.32 Å². The summed E-state index contributed by atoms with van der Waals surface area (Å²) in [7, 11) is 1.26. The zero-order valence-corrected chi connectivity index (χ0v) is 11.6. The van der Waals surface area contributed by atoms with Crippen molar-refractivity contribution in [2.45, 2.75) is 38.8 Å². The summed E-state index contributed by atoms with van der Waals surface area (Å²) >= 11 is 0. The molecule has 0 saturated heterocycles. The predicted molar refractivity (Wildman–Crippen MR) is 67.6 cm³/mol. The number of rotatable bonds is 4. The number of hydrogen-bond donors (Lipinski definition) is 1. The van der Waals surface area contributed by atoms with Crippen molar-refractivity contribution in [2.24, 2.45) is 0 Å². The highest BCUT2D eigenvalue weighted by molar-refractivity contribution is 5.81. The lowest BCUT2D eigenvalue weighted by Gasteiger charge is -2.22. The molecule has 6 heteroatoms. The molecule has 0 fully saturated rings. The van der Waals surface area contributed by atoms with Crippen LogP contribution in [0.2, 0.25) is 0 Å². The van der Waals surface area contributed by atoms with Gasteiger partial charge in [0.15, 0.2) is 0 Å². The van der Waals surface area contributed by atoms with Gasteiger partial charge in [-0.15, -0.1) is 0 Å². The third kappa shape index (κ3) is 5.46. The van der Waals surface area contributed by atoms with Crippen LogP contribution in [0.25, 0.3) is 0 Å². The van der Waals surface area contributed by atoms with Gasteiger partial charge in [0.1, 0.15) is 17.4 Å². The molecule has 0 aliphatic rings. The Morgan fingerprint density at radius 3 is 2.58 bits per heavy atom. The summed E-state index contributed by atoms with van der Waals surface area (Å²) in [6, 6.07) is 2.58. The molecule has 1 N–H and O–H groups in total. The highest BCUT2D eigenvalue weighted by atomic mass is 16.6. The number of ether oxygens (including phenoxy) is 2. The van der Waals surface area contributed by atoms with E-state index in [1.165, 1.54) is 13.4 Å². The molecule has 1 aromatic heterocycles. The number of furan rings is 1. The molecule has 1 aromatic rings. The summed E-state index contributed by atoms with van der Waals surface area (Å²) in [4.78, 5) is 23.3. The summed E-state index contributed by atoms with van der Waals surface area (Å²) in [6.07, 6.45) is 1.03. The van der Waals surface area contributed by atoms with Crippen LogP contribution in [-0.2, 0) is 20.7 Å².